The largest absolute Gasteiger partial charge is 0.329 e. The summed E-state index contributed by atoms with van der Waals surface area (Å²) in [5, 5.41) is 0. The fraction of sp³-hybridized carbons (Fsp3) is 0.571. The monoisotopic (exact) mass is 220 g/mol. The minimum Gasteiger partial charge on any atom is -0.329 e. The third kappa shape index (κ3) is 4.77. The molecule has 2 heteroatoms. The Balaban J connectivity index is 2.37. The Labute approximate surface area is 99.5 Å². The second kappa shape index (κ2) is 7.42. The molecule has 0 aliphatic heterocycles. The van der Waals surface area contributed by atoms with Gasteiger partial charge >= 0.3 is 0 Å². The molecule has 0 aliphatic carbocycles. The maximum atomic E-state index is 5.51. The number of nitrogens with two attached hydrogens (primary N) is 1. The molecule has 0 saturated carbocycles. The van der Waals surface area contributed by atoms with Crippen molar-refractivity contribution in [3.63, 3.8) is 0 Å². The first-order valence-electron chi connectivity index (χ1n) is 6.22. The fourth-order valence-corrected chi connectivity index (χ4v) is 1.81. The molecule has 90 valence electrons. The van der Waals surface area contributed by atoms with Gasteiger partial charge in [0.15, 0.2) is 0 Å². The average Bonchev–Trinajstić information content (AvgIpc) is 2.29. The molecular weight excluding hydrogens is 196 g/mol. The SMILES string of the molecule is CCCc1ccc(CCN(C)CCN)cc1. The Morgan fingerprint density at radius 2 is 1.56 bits per heavy atom. The molecule has 0 atom stereocenters. The molecule has 0 amide bonds. The van der Waals surface area contributed by atoms with Crippen LogP contribution in [-0.4, -0.2) is 31.6 Å². The van der Waals surface area contributed by atoms with Crippen LogP contribution in [-0.2, 0) is 12.8 Å². The predicted molar refractivity (Wildman–Crippen MR) is 70.7 cm³/mol. The van der Waals surface area contributed by atoms with Crippen LogP contribution in [0.2, 0.25) is 0 Å². The smallest absolute Gasteiger partial charge is 0.0102 e. The molecule has 1 aromatic rings. The van der Waals surface area contributed by atoms with Crippen molar-refractivity contribution in [2.45, 2.75) is 26.2 Å². The first-order chi connectivity index (χ1) is 7.76. The lowest BCUT2D eigenvalue weighted by atomic mass is 10.1. The predicted octanol–water partition coefficient (Wildman–Crippen LogP) is 2.07. The molecule has 0 saturated heterocycles. The number of benzene rings is 1. The summed E-state index contributed by atoms with van der Waals surface area (Å²) in [5.41, 5.74) is 8.38. The maximum absolute atomic E-state index is 5.51. The van der Waals surface area contributed by atoms with Crippen molar-refractivity contribution in [2.75, 3.05) is 26.7 Å². The number of rotatable bonds is 7. The maximum Gasteiger partial charge on any atom is 0.0102 e. The van der Waals surface area contributed by atoms with E-state index in [1.54, 1.807) is 0 Å². The zero-order valence-corrected chi connectivity index (χ0v) is 10.6. The van der Waals surface area contributed by atoms with Gasteiger partial charge in [-0.1, -0.05) is 37.6 Å². The van der Waals surface area contributed by atoms with E-state index in [9.17, 15) is 0 Å². The molecule has 0 aromatic heterocycles. The summed E-state index contributed by atoms with van der Waals surface area (Å²) in [7, 11) is 2.12. The van der Waals surface area contributed by atoms with Gasteiger partial charge in [0.05, 0.1) is 0 Å². The lowest BCUT2D eigenvalue weighted by molar-refractivity contribution is 0.348. The van der Waals surface area contributed by atoms with Crippen molar-refractivity contribution in [3.05, 3.63) is 35.4 Å². The normalized spacial score (nSPS) is 11.0. The molecule has 0 unspecified atom stereocenters. The number of nitrogens with zero attached hydrogens (tertiary/aromatic N) is 1. The van der Waals surface area contributed by atoms with Crippen LogP contribution >= 0.6 is 0 Å². The fourth-order valence-electron chi connectivity index (χ4n) is 1.81. The van der Waals surface area contributed by atoms with Crippen LogP contribution in [0.15, 0.2) is 24.3 Å². The standard InChI is InChI=1S/C14H24N2/c1-3-4-13-5-7-14(8-6-13)9-11-16(2)12-10-15/h5-8H,3-4,9-12,15H2,1-2H3. The first kappa shape index (κ1) is 13.2. The van der Waals surface area contributed by atoms with Crippen LogP contribution in [0.5, 0.6) is 0 Å². The van der Waals surface area contributed by atoms with E-state index in [2.05, 4.69) is 43.1 Å². The van der Waals surface area contributed by atoms with Gasteiger partial charge in [0, 0.05) is 19.6 Å². The summed E-state index contributed by atoms with van der Waals surface area (Å²) in [4.78, 5) is 2.28. The van der Waals surface area contributed by atoms with Crippen molar-refractivity contribution in [3.8, 4) is 0 Å². The van der Waals surface area contributed by atoms with Gasteiger partial charge in [-0.05, 0) is 31.0 Å². The molecule has 0 spiro atoms. The Morgan fingerprint density at radius 3 is 2.06 bits per heavy atom. The van der Waals surface area contributed by atoms with E-state index in [0.29, 0.717) is 0 Å². The van der Waals surface area contributed by atoms with Gasteiger partial charge in [0.2, 0.25) is 0 Å². The number of hydrogen-bond donors (Lipinski definition) is 1. The first-order valence-corrected chi connectivity index (χ1v) is 6.22. The van der Waals surface area contributed by atoms with Gasteiger partial charge in [-0.15, -0.1) is 0 Å². The highest BCUT2D eigenvalue weighted by molar-refractivity contribution is 5.22. The molecule has 0 radical (unpaired) electrons. The Morgan fingerprint density at radius 1 is 1.00 bits per heavy atom. The third-order valence-electron chi connectivity index (χ3n) is 2.85. The molecule has 1 aromatic carbocycles. The zero-order valence-electron chi connectivity index (χ0n) is 10.6. The highest BCUT2D eigenvalue weighted by atomic mass is 15.1. The highest BCUT2D eigenvalue weighted by Gasteiger charge is 1.98. The van der Waals surface area contributed by atoms with Crippen LogP contribution in [0, 0.1) is 0 Å². The molecular formula is C14H24N2. The second-order valence-electron chi connectivity index (χ2n) is 4.41. The molecule has 0 aliphatic rings. The van der Waals surface area contributed by atoms with Crippen LogP contribution < -0.4 is 5.73 Å². The van der Waals surface area contributed by atoms with Gasteiger partial charge in [-0.25, -0.2) is 0 Å². The van der Waals surface area contributed by atoms with Crippen molar-refractivity contribution < 1.29 is 0 Å². The van der Waals surface area contributed by atoms with Crippen molar-refractivity contribution >= 4 is 0 Å². The van der Waals surface area contributed by atoms with Crippen LogP contribution in [0.1, 0.15) is 24.5 Å². The Kier molecular flexibility index (Phi) is 6.12. The van der Waals surface area contributed by atoms with Crippen molar-refractivity contribution in [1.82, 2.24) is 4.90 Å². The highest BCUT2D eigenvalue weighted by Crippen LogP contribution is 2.07. The van der Waals surface area contributed by atoms with Crippen LogP contribution in [0.25, 0.3) is 0 Å². The number of aryl methyl sites for hydroxylation is 1. The summed E-state index contributed by atoms with van der Waals surface area (Å²) < 4.78 is 0. The molecule has 0 bridgehead atoms. The molecule has 1 rings (SSSR count). The van der Waals surface area contributed by atoms with Crippen molar-refractivity contribution in [1.29, 1.82) is 0 Å². The van der Waals surface area contributed by atoms with E-state index in [4.69, 9.17) is 5.73 Å². The third-order valence-corrected chi connectivity index (χ3v) is 2.85. The second-order valence-corrected chi connectivity index (χ2v) is 4.41. The topological polar surface area (TPSA) is 29.3 Å². The average molecular weight is 220 g/mol. The molecule has 2 N–H and O–H groups in total. The van der Waals surface area contributed by atoms with E-state index >= 15 is 0 Å². The number of hydrogen-bond acceptors (Lipinski definition) is 2. The van der Waals surface area contributed by atoms with E-state index in [-0.39, 0.29) is 0 Å². The van der Waals surface area contributed by atoms with Gasteiger partial charge in [0.25, 0.3) is 0 Å². The molecule has 0 fully saturated rings. The van der Waals surface area contributed by atoms with Gasteiger partial charge in [-0.2, -0.15) is 0 Å². The van der Waals surface area contributed by atoms with Gasteiger partial charge < -0.3 is 10.6 Å². The van der Waals surface area contributed by atoms with E-state index in [0.717, 1.165) is 26.1 Å². The van der Waals surface area contributed by atoms with E-state index in [1.807, 2.05) is 0 Å². The van der Waals surface area contributed by atoms with Gasteiger partial charge in [0.1, 0.15) is 0 Å². The summed E-state index contributed by atoms with van der Waals surface area (Å²) >= 11 is 0. The van der Waals surface area contributed by atoms with Crippen molar-refractivity contribution in [2.24, 2.45) is 5.73 Å². The molecule has 16 heavy (non-hydrogen) atoms. The molecule has 0 heterocycles. The quantitative estimate of drug-likeness (QED) is 0.762. The minimum absolute atomic E-state index is 0.742. The zero-order chi connectivity index (χ0) is 11.8. The Hall–Kier alpha value is -0.860. The van der Waals surface area contributed by atoms with E-state index in [1.165, 1.54) is 24.0 Å². The summed E-state index contributed by atoms with van der Waals surface area (Å²) in [6, 6.07) is 9.01. The summed E-state index contributed by atoms with van der Waals surface area (Å²) in [6.45, 7) is 5.03. The summed E-state index contributed by atoms with van der Waals surface area (Å²) in [5.74, 6) is 0. The molecule has 2 nitrogen and oxygen atoms in total. The van der Waals surface area contributed by atoms with E-state index < -0.39 is 0 Å². The van der Waals surface area contributed by atoms with Gasteiger partial charge in [-0.3, -0.25) is 0 Å². The number of likely N-dealkylation sites (N-methyl/N-ethyl adjacent to an activating group) is 1. The van der Waals surface area contributed by atoms with Crippen LogP contribution in [0.4, 0.5) is 0 Å². The Bertz CT molecular complexity index is 279. The minimum atomic E-state index is 0.742. The van der Waals surface area contributed by atoms with Crippen LogP contribution in [0.3, 0.4) is 0 Å². The lowest BCUT2D eigenvalue weighted by Gasteiger charge is -2.15. The summed E-state index contributed by atoms with van der Waals surface area (Å²) in [6.07, 6.45) is 3.52. The lowest BCUT2D eigenvalue weighted by Crippen LogP contribution is -2.27.